The quantitative estimate of drug-likeness (QED) is 0.0477. The van der Waals surface area contributed by atoms with Crippen LogP contribution in [-0.2, 0) is 9.59 Å². The number of aromatic nitrogens is 6. The summed E-state index contributed by atoms with van der Waals surface area (Å²) >= 11 is 0. The molecule has 1 fully saturated rings. The fraction of sp³-hybridized carbons (Fsp3) is 0.207. The summed E-state index contributed by atoms with van der Waals surface area (Å²) < 4.78 is 13.3. The van der Waals surface area contributed by atoms with Gasteiger partial charge in [0.15, 0.2) is 0 Å². The second kappa shape index (κ2) is 26.3. The number of para-hydroxylation sites is 1. The fourth-order valence-electron chi connectivity index (χ4n) is 8.41. The first-order valence-electron chi connectivity index (χ1n) is 25.3. The molecule has 406 valence electrons. The summed E-state index contributed by atoms with van der Waals surface area (Å²) in [4.78, 5) is 70.4. The lowest BCUT2D eigenvalue weighted by Crippen LogP contribution is -2.44. The first-order chi connectivity index (χ1) is 38.3. The third kappa shape index (κ3) is 14.3. The number of anilines is 11. The Kier molecular flexibility index (Phi) is 18.4. The highest BCUT2D eigenvalue weighted by Gasteiger charge is 2.23. The molecule has 8 aromatic rings. The van der Waals surface area contributed by atoms with Crippen molar-refractivity contribution in [1.82, 2.24) is 39.3 Å². The summed E-state index contributed by atoms with van der Waals surface area (Å²) in [5.41, 5.74) is 6.24. The summed E-state index contributed by atoms with van der Waals surface area (Å²) in [5, 5.41) is 16.1. The number of carbonyl (C=O) groups is 3. The largest absolute Gasteiger partial charge is 0.494 e. The van der Waals surface area contributed by atoms with Crippen molar-refractivity contribution < 1.29 is 23.9 Å². The first kappa shape index (κ1) is 55.4. The van der Waals surface area contributed by atoms with Crippen LogP contribution in [0.5, 0.6) is 11.5 Å². The molecule has 9 rings (SSSR count). The van der Waals surface area contributed by atoms with Gasteiger partial charge in [0.25, 0.3) is 0 Å². The molecule has 1 aliphatic heterocycles. The van der Waals surface area contributed by atoms with Gasteiger partial charge in [-0.2, -0.15) is 4.98 Å². The van der Waals surface area contributed by atoms with Gasteiger partial charge in [0, 0.05) is 106 Å². The number of amides is 4. The zero-order valence-electron chi connectivity index (χ0n) is 45.1. The van der Waals surface area contributed by atoms with Crippen molar-refractivity contribution in [3.8, 4) is 17.3 Å². The molecule has 1 aliphatic rings. The zero-order chi connectivity index (χ0) is 55.8. The van der Waals surface area contributed by atoms with E-state index in [0.717, 1.165) is 67.4 Å². The minimum absolute atomic E-state index is 0.307. The Hall–Kier alpha value is -9.86. The van der Waals surface area contributed by atoms with Crippen LogP contribution in [0, 0.1) is 0 Å². The molecule has 0 unspecified atom stereocenters. The molecule has 21 heteroatoms. The maximum Gasteiger partial charge on any atom is 0.332 e. The van der Waals surface area contributed by atoms with Crippen molar-refractivity contribution in [3.05, 3.63) is 165 Å². The second-order valence-corrected chi connectivity index (χ2v) is 18.4. The van der Waals surface area contributed by atoms with Crippen molar-refractivity contribution in [2.24, 2.45) is 0 Å². The maximum atomic E-state index is 13.7. The number of nitrogens with one attached hydrogen (secondary N) is 5. The van der Waals surface area contributed by atoms with E-state index in [1.807, 2.05) is 98.6 Å². The van der Waals surface area contributed by atoms with E-state index in [2.05, 4.69) is 97.4 Å². The molecule has 5 heterocycles. The van der Waals surface area contributed by atoms with Crippen molar-refractivity contribution in [1.29, 1.82) is 0 Å². The maximum absolute atomic E-state index is 13.7. The number of likely N-dealkylation sites (N-methyl/N-ethyl adjacent to an activating group) is 3. The predicted octanol–water partition coefficient (Wildman–Crippen LogP) is 9.17. The average molecular weight is 1070 g/mol. The zero-order valence-corrected chi connectivity index (χ0v) is 45.1. The molecule has 4 aromatic carbocycles. The predicted molar refractivity (Wildman–Crippen MR) is 314 cm³/mol. The van der Waals surface area contributed by atoms with Gasteiger partial charge in [-0.25, -0.2) is 29.6 Å². The summed E-state index contributed by atoms with van der Waals surface area (Å²) in [7, 11) is 11.4. The fourth-order valence-corrected chi connectivity index (χ4v) is 8.41. The van der Waals surface area contributed by atoms with Crippen molar-refractivity contribution >= 4 is 92.0 Å². The minimum atomic E-state index is -0.447. The normalized spacial score (nSPS) is 12.1. The van der Waals surface area contributed by atoms with Gasteiger partial charge >= 0.3 is 6.03 Å². The molecule has 21 nitrogen and oxygen atoms in total. The Morgan fingerprint density at radius 2 is 1.42 bits per heavy atom. The highest BCUT2D eigenvalue weighted by molar-refractivity contribution is 6.07. The summed E-state index contributed by atoms with van der Waals surface area (Å²) in [5.74, 6) is 2.40. The van der Waals surface area contributed by atoms with Gasteiger partial charge in [0.05, 0.1) is 42.7 Å². The van der Waals surface area contributed by atoms with Gasteiger partial charge in [-0.3, -0.25) is 14.2 Å². The molecule has 4 amide bonds. The number of piperazine rings is 1. The van der Waals surface area contributed by atoms with Crippen LogP contribution >= 0.6 is 0 Å². The van der Waals surface area contributed by atoms with E-state index in [1.165, 1.54) is 23.4 Å². The molecule has 0 aliphatic carbocycles. The van der Waals surface area contributed by atoms with E-state index in [-0.39, 0.29) is 11.8 Å². The monoisotopic (exact) mass is 1060 g/mol. The number of methoxy groups -OCH3 is 2. The molecule has 4 aromatic heterocycles. The van der Waals surface area contributed by atoms with E-state index < -0.39 is 6.03 Å². The van der Waals surface area contributed by atoms with Crippen LogP contribution in [0.1, 0.15) is 0 Å². The van der Waals surface area contributed by atoms with E-state index in [0.29, 0.717) is 63.3 Å². The van der Waals surface area contributed by atoms with Crippen LogP contribution in [0.2, 0.25) is 0 Å². The number of rotatable bonds is 19. The molecule has 5 N–H and O–H groups in total. The second-order valence-electron chi connectivity index (χ2n) is 18.4. The molecular weight excluding hydrogens is 1000 g/mol. The van der Waals surface area contributed by atoms with E-state index in [1.54, 1.807) is 69.1 Å². The van der Waals surface area contributed by atoms with Crippen LogP contribution in [0.3, 0.4) is 0 Å². The minimum Gasteiger partial charge on any atom is -0.494 e. The Morgan fingerprint density at radius 1 is 0.671 bits per heavy atom. The molecule has 0 saturated carbocycles. The van der Waals surface area contributed by atoms with Crippen LogP contribution in [-0.4, -0.2) is 139 Å². The van der Waals surface area contributed by atoms with Gasteiger partial charge < -0.3 is 55.7 Å². The topological polar surface area (TPSA) is 215 Å². The Labute approximate surface area is 459 Å². The van der Waals surface area contributed by atoms with Gasteiger partial charge in [-0.1, -0.05) is 37.4 Å². The molecule has 1 saturated heterocycles. The lowest BCUT2D eigenvalue weighted by molar-refractivity contribution is -0.112. The number of urea groups is 1. The number of benzene rings is 4. The molecule has 0 atom stereocenters. The van der Waals surface area contributed by atoms with E-state index in [4.69, 9.17) is 9.47 Å². The first-order valence-corrected chi connectivity index (χ1v) is 25.3. The Morgan fingerprint density at radius 3 is 2.16 bits per heavy atom. The van der Waals surface area contributed by atoms with Gasteiger partial charge in [0.2, 0.25) is 17.8 Å². The summed E-state index contributed by atoms with van der Waals surface area (Å²) in [6.45, 7) is 12.6. The highest BCUT2D eigenvalue weighted by atomic mass is 16.5. The number of hydrogen-bond acceptors (Lipinski definition) is 16. The third-order valence-electron chi connectivity index (χ3n) is 12.6. The van der Waals surface area contributed by atoms with Crippen LogP contribution < -0.4 is 50.8 Å². The van der Waals surface area contributed by atoms with E-state index in [9.17, 15) is 14.4 Å². The summed E-state index contributed by atoms with van der Waals surface area (Å²) in [6, 6.07) is 34.7. The summed E-state index contributed by atoms with van der Waals surface area (Å²) in [6.07, 6.45) is 9.15. The smallest absolute Gasteiger partial charge is 0.332 e. The third-order valence-corrected chi connectivity index (χ3v) is 12.6. The average Bonchev–Trinajstić information content (AvgIpc) is 3.94. The van der Waals surface area contributed by atoms with Crippen LogP contribution in [0.15, 0.2) is 165 Å². The Bertz CT molecular complexity index is 3420. The van der Waals surface area contributed by atoms with Crippen LogP contribution in [0.4, 0.5) is 67.9 Å². The molecular formula is C58H64N16O5. The number of fused-ring (bicyclic) bond motifs is 1. The lowest BCUT2D eigenvalue weighted by atomic mass is 10.2. The molecule has 0 spiro atoms. The number of hydrogen-bond donors (Lipinski definition) is 5. The lowest BCUT2D eigenvalue weighted by Gasteiger charge is -2.34. The molecule has 0 bridgehead atoms. The molecule has 0 radical (unpaired) electrons. The van der Waals surface area contributed by atoms with Crippen molar-refractivity contribution in [3.63, 3.8) is 0 Å². The van der Waals surface area contributed by atoms with E-state index >= 15 is 0 Å². The van der Waals surface area contributed by atoms with Gasteiger partial charge in [-0.15, -0.1) is 0 Å². The van der Waals surface area contributed by atoms with Gasteiger partial charge in [-0.05, 0) is 106 Å². The van der Waals surface area contributed by atoms with Crippen LogP contribution in [0.25, 0.3) is 16.9 Å². The Balaban J connectivity index is 0.000000211. The van der Waals surface area contributed by atoms with Crippen molar-refractivity contribution in [2.75, 3.05) is 123 Å². The SMILES string of the molecule is C=CC(=O)Nc1cc(Nc2nccc(-n3ccc4cccnc43)n2)c(OC)cc1N(C)CCN(C)C.C=CC(=O)Nc1cccc(N(C(=O)Nc2ccccc2)c2cc(Nc3ccc(N4CCN(C)CC4)cc3OC)ncn2)c1. The van der Waals surface area contributed by atoms with Gasteiger partial charge in [0.1, 0.15) is 40.9 Å². The molecule has 79 heavy (non-hydrogen) atoms. The number of nitrogens with zero attached hydrogens (tertiary/aromatic N) is 11. The van der Waals surface area contributed by atoms with Crippen molar-refractivity contribution in [2.45, 2.75) is 0 Å². The number of carbonyl (C=O) groups excluding carboxylic acids is 3. The highest BCUT2D eigenvalue weighted by Crippen LogP contribution is 2.39. The number of pyridine rings is 1. The standard InChI is InChI=1S/C32H34N8O3.C26H30N8O2/c1-4-31(41)35-24-11-8-12-26(19-24)40(32(42)36-23-9-6-5-7-10-23)30-21-29(33-22-34-30)37-27-14-13-25(20-28(27)43-3)39-17-15-38(2)16-18-39;1-6-24(35)29-19-16-20(22(36-5)17-21(19)33(4)15-14-32(2)3)30-26-28-12-9-23(31-26)34-13-10-18-8-7-11-27-25(18)34/h4-14,19-22H,1,15-18H2,2-3H3,(H,35,41)(H,36,42)(H,33,34,37);6-13,16-17H,1,14-15H2,2-5H3,(H,29,35)(H,28,30,31). The number of ether oxygens (including phenoxy) is 2.